The van der Waals surface area contributed by atoms with Crippen molar-refractivity contribution in [2.45, 2.75) is 18.9 Å². The first-order chi connectivity index (χ1) is 8.79. The lowest BCUT2D eigenvalue weighted by molar-refractivity contribution is 0.0787. The summed E-state index contributed by atoms with van der Waals surface area (Å²) in [6.45, 7) is 2.81. The number of thiophene rings is 1. The number of piperidine rings is 1. The third-order valence-electron chi connectivity index (χ3n) is 3.93. The van der Waals surface area contributed by atoms with Crippen molar-refractivity contribution in [3.63, 3.8) is 0 Å². The fourth-order valence-corrected chi connectivity index (χ4v) is 3.80. The van der Waals surface area contributed by atoms with Crippen molar-refractivity contribution in [3.8, 4) is 5.75 Å². The highest BCUT2D eigenvalue weighted by Crippen LogP contribution is 2.30. The summed E-state index contributed by atoms with van der Waals surface area (Å²) < 4.78 is 5.23. The van der Waals surface area contributed by atoms with Gasteiger partial charge in [0.25, 0.3) is 5.91 Å². The van der Waals surface area contributed by atoms with Crippen molar-refractivity contribution in [1.29, 1.82) is 0 Å². The molecular weight excluding hydrogens is 248 g/mol. The van der Waals surface area contributed by atoms with Gasteiger partial charge < -0.3 is 15.0 Å². The molecule has 3 rings (SSSR count). The van der Waals surface area contributed by atoms with Gasteiger partial charge in [0.2, 0.25) is 0 Å². The first kappa shape index (κ1) is 12.0. The second-order valence-corrected chi connectivity index (χ2v) is 5.91. The highest BCUT2D eigenvalue weighted by molar-refractivity contribution is 7.12. The van der Waals surface area contributed by atoms with E-state index < -0.39 is 0 Å². The van der Waals surface area contributed by atoms with Crippen LogP contribution in [0.2, 0.25) is 0 Å². The molecule has 0 aliphatic carbocycles. The first-order valence-electron chi connectivity index (χ1n) is 6.43. The number of likely N-dealkylation sites (tertiary alicyclic amines) is 1. The Bertz CT molecular complexity index is 432. The van der Waals surface area contributed by atoms with Gasteiger partial charge in [-0.3, -0.25) is 4.79 Å². The van der Waals surface area contributed by atoms with Gasteiger partial charge in [0.15, 0.2) is 0 Å². The quantitative estimate of drug-likeness (QED) is 0.883. The van der Waals surface area contributed by atoms with Crippen LogP contribution in [0.4, 0.5) is 0 Å². The Labute approximate surface area is 111 Å². The molecular formula is C13H18N2O2S. The highest BCUT2D eigenvalue weighted by Gasteiger charge is 2.37. The molecule has 0 saturated carbocycles. The predicted molar refractivity (Wildman–Crippen MR) is 71.3 cm³/mol. The van der Waals surface area contributed by atoms with Gasteiger partial charge in [0.1, 0.15) is 10.6 Å². The van der Waals surface area contributed by atoms with Crippen LogP contribution in [0.1, 0.15) is 22.5 Å². The molecule has 0 spiro atoms. The molecule has 0 unspecified atom stereocenters. The van der Waals surface area contributed by atoms with E-state index in [4.69, 9.17) is 4.74 Å². The first-order valence-corrected chi connectivity index (χ1v) is 7.31. The Morgan fingerprint density at radius 2 is 2.44 bits per heavy atom. The molecule has 2 aliphatic heterocycles. The van der Waals surface area contributed by atoms with Crippen LogP contribution in [0.25, 0.3) is 0 Å². The third kappa shape index (κ3) is 2.01. The van der Waals surface area contributed by atoms with Crippen LogP contribution < -0.4 is 10.1 Å². The predicted octanol–water partition coefficient (Wildman–Crippen LogP) is 1.58. The average molecular weight is 266 g/mol. The summed E-state index contributed by atoms with van der Waals surface area (Å²) in [6.07, 6.45) is 2.47. The number of nitrogens with one attached hydrogen (secondary N) is 1. The molecule has 18 heavy (non-hydrogen) atoms. The van der Waals surface area contributed by atoms with Gasteiger partial charge in [-0.25, -0.2) is 0 Å². The number of carbonyl (C=O) groups excluding carboxylic acids is 1. The zero-order valence-corrected chi connectivity index (χ0v) is 11.3. The number of nitrogens with zero attached hydrogens (tertiary/aromatic N) is 1. The van der Waals surface area contributed by atoms with E-state index in [1.807, 2.05) is 16.3 Å². The average Bonchev–Trinajstić information content (AvgIpc) is 3.03. The Morgan fingerprint density at radius 1 is 1.56 bits per heavy atom. The summed E-state index contributed by atoms with van der Waals surface area (Å²) in [5.41, 5.74) is 0. The SMILES string of the molecule is COc1ccsc1C(=O)N1C[C@@H]2CCCN[C@@H]2C1. The van der Waals surface area contributed by atoms with E-state index in [0.29, 0.717) is 17.7 Å². The molecule has 1 aromatic rings. The van der Waals surface area contributed by atoms with Crippen LogP contribution in [0.15, 0.2) is 11.4 Å². The van der Waals surface area contributed by atoms with E-state index in [9.17, 15) is 4.79 Å². The summed E-state index contributed by atoms with van der Waals surface area (Å²) in [5.74, 6) is 1.46. The molecule has 2 saturated heterocycles. The fraction of sp³-hybridized carbons (Fsp3) is 0.615. The van der Waals surface area contributed by atoms with Gasteiger partial charge in [-0.1, -0.05) is 0 Å². The molecule has 1 amide bonds. The zero-order valence-electron chi connectivity index (χ0n) is 10.5. The maximum Gasteiger partial charge on any atom is 0.267 e. The number of fused-ring (bicyclic) bond motifs is 1. The minimum Gasteiger partial charge on any atom is -0.495 e. The van der Waals surface area contributed by atoms with Crippen molar-refractivity contribution in [2.24, 2.45) is 5.92 Å². The monoisotopic (exact) mass is 266 g/mol. The lowest BCUT2D eigenvalue weighted by Gasteiger charge is -2.24. The molecule has 0 aromatic carbocycles. The highest BCUT2D eigenvalue weighted by atomic mass is 32.1. The number of carbonyl (C=O) groups is 1. The summed E-state index contributed by atoms with van der Waals surface area (Å²) in [5, 5.41) is 5.43. The maximum atomic E-state index is 12.5. The maximum absolute atomic E-state index is 12.5. The van der Waals surface area contributed by atoms with Crippen molar-refractivity contribution in [2.75, 3.05) is 26.7 Å². The molecule has 3 heterocycles. The van der Waals surface area contributed by atoms with E-state index >= 15 is 0 Å². The third-order valence-corrected chi connectivity index (χ3v) is 4.81. The van der Waals surface area contributed by atoms with E-state index in [2.05, 4.69) is 5.32 Å². The molecule has 2 fully saturated rings. The van der Waals surface area contributed by atoms with Crippen LogP contribution in [0.3, 0.4) is 0 Å². The van der Waals surface area contributed by atoms with Gasteiger partial charge in [-0.2, -0.15) is 0 Å². The zero-order chi connectivity index (χ0) is 12.5. The summed E-state index contributed by atoms with van der Waals surface area (Å²) >= 11 is 1.47. The molecule has 4 nitrogen and oxygen atoms in total. The van der Waals surface area contributed by atoms with E-state index in [1.165, 1.54) is 24.2 Å². The van der Waals surface area contributed by atoms with Gasteiger partial charge in [-0.15, -0.1) is 11.3 Å². The molecule has 2 aliphatic rings. The van der Waals surface area contributed by atoms with Gasteiger partial charge in [0.05, 0.1) is 7.11 Å². The molecule has 1 N–H and O–H groups in total. The Hall–Kier alpha value is -1.07. The largest absolute Gasteiger partial charge is 0.495 e. The molecule has 98 valence electrons. The van der Waals surface area contributed by atoms with Gasteiger partial charge >= 0.3 is 0 Å². The van der Waals surface area contributed by atoms with Crippen LogP contribution in [0, 0.1) is 5.92 Å². The lowest BCUT2D eigenvalue weighted by Crippen LogP contribution is -2.41. The number of hydrogen-bond acceptors (Lipinski definition) is 4. The summed E-state index contributed by atoms with van der Waals surface area (Å²) in [6, 6.07) is 2.35. The fourth-order valence-electron chi connectivity index (χ4n) is 2.97. The Balaban J connectivity index is 1.74. The second-order valence-electron chi connectivity index (χ2n) is 4.99. The van der Waals surface area contributed by atoms with Crippen molar-refractivity contribution < 1.29 is 9.53 Å². The topological polar surface area (TPSA) is 41.6 Å². The number of methoxy groups -OCH3 is 1. The lowest BCUT2D eigenvalue weighted by atomic mass is 9.94. The Kier molecular flexibility index (Phi) is 3.26. The van der Waals surface area contributed by atoms with Crippen molar-refractivity contribution >= 4 is 17.2 Å². The second kappa shape index (κ2) is 4.90. The standard InChI is InChI=1S/C13H18N2O2S/c1-17-11-4-6-18-12(11)13(16)15-7-9-3-2-5-14-10(9)8-15/h4,6,9-10,14H,2-3,5,7-8H2,1H3/t9-,10+/m0/s1. The number of amides is 1. The van der Waals surface area contributed by atoms with Crippen LogP contribution in [0.5, 0.6) is 5.75 Å². The van der Waals surface area contributed by atoms with Crippen LogP contribution in [-0.4, -0.2) is 43.6 Å². The minimum absolute atomic E-state index is 0.123. The Morgan fingerprint density at radius 3 is 3.22 bits per heavy atom. The number of rotatable bonds is 2. The molecule has 5 heteroatoms. The smallest absolute Gasteiger partial charge is 0.267 e. The van der Waals surface area contributed by atoms with Crippen molar-refractivity contribution in [3.05, 3.63) is 16.3 Å². The normalized spacial score (nSPS) is 27.1. The number of hydrogen-bond donors (Lipinski definition) is 1. The summed E-state index contributed by atoms with van der Waals surface area (Å²) in [7, 11) is 1.62. The van der Waals surface area contributed by atoms with Crippen LogP contribution >= 0.6 is 11.3 Å². The van der Waals surface area contributed by atoms with E-state index in [0.717, 1.165) is 24.5 Å². The molecule has 0 bridgehead atoms. The van der Waals surface area contributed by atoms with Gasteiger partial charge in [-0.05, 0) is 36.8 Å². The summed E-state index contributed by atoms with van der Waals surface area (Å²) in [4.78, 5) is 15.2. The van der Waals surface area contributed by atoms with E-state index in [-0.39, 0.29) is 5.91 Å². The molecule has 1 aromatic heterocycles. The van der Waals surface area contributed by atoms with Crippen molar-refractivity contribution in [1.82, 2.24) is 10.2 Å². The minimum atomic E-state index is 0.123. The van der Waals surface area contributed by atoms with Crippen LogP contribution in [-0.2, 0) is 0 Å². The van der Waals surface area contributed by atoms with Gasteiger partial charge in [0, 0.05) is 19.1 Å². The molecule has 2 atom stereocenters. The molecule has 0 radical (unpaired) electrons. The van der Waals surface area contributed by atoms with E-state index in [1.54, 1.807) is 7.11 Å². The number of ether oxygens (including phenoxy) is 1.